The number of benzene rings is 1. The van der Waals surface area contributed by atoms with Crippen LogP contribution in [0.2, 0.25) is 0 Å². The molecule has 3 amide bonds. The Morgan fingerprint density at radius 1 is 1.14 bits per heavy atom. The summed E-state index contributed by atoms with van der Waals surface area (Å²) in [4.78, 5) is 44.4. The van der Waals surface area contributed by atoms with Gasteiger partial charge in [-0.05, 0) is 30.7 Å². The summed E-state index contributed by atoms with van der Waals surface area (Å²) in [6.07, 6.45) is 2.15. The van der Waals surface area contributed by atoms with E-state index >= 15 is 0 Å². The predicted molar refractivity (Wildman–Crippen MR) is 106 cm³/mol. The summed E-state index contributed by atoms with van der Waals surface area (Å²) in [6.45, 7) is 0.631. The van der Waals surface area contributed by atoms with Crippen LogP contribution < -0.4 is 20.4 Å². The SMILES string of the molecule is CN(C)c1ccc(CNC(=O)C(=O)NC2CCN(c3ccccc3)C2=O)nc1. The first-order valence-corrected chi connectivity index (χ1v) is 9.03. The van der Waals surface area contributed by atoms with E-state index in [4.69, 9.17) is 0 Å². The Morgan fingerprint density at radius 2 is 1.89 bits per heavy atom. The second kappa shape index (κ2) is 8.51. The molecule has 146 valence electrons. The summed E-state index contributed by atoms with van der Waals surface area (Å²) in [7, 11) is 3.82. The van der Waals surface area contributed by atoms with Crippen molar-refractivity contribution in [2.45, 2.75) is 19.0 Å². The third kappa shape index (κ3) is 4.46. The molecule has 0 saturated carbocycles. The Bertz CT molecular complexity index is 852. The second-order valence-electron chi connectivity index (χ2n) is 6.72. The van der Waals surface area contributed by atoms with Gasteiger partial charge in [-0.3, -0.25) is 19.4 Å². The van der Waals surface area contributed by atoms with Crippen LogP contribution in [0.1, 0.15) is 12.1 Å². The standard InChI is InChI=1S/C20H23N5O3/c1-24(2)16-9-8-14(21-13-16)12-22-18(26)19(27)23-17-10-11-25(20(17)28)15-6-4-3-5-7-15/h3-9,13,17H,10-12H2,1-2H3,(H,22,26)(H,23,27). The number of anilines is 2. The third-order valence-electron chi connectivity index (χ3n) is 4.54. The lowest BCUT2D eigenvalue weighted by Crippen LogP contribution is -2.47. The molecule has 28 heavy (non-hydrogen) atoms. The predicted octanol–water partition coefficient (Wildman–Crippen LogP) is 0.685. The molecule has 0 aliphatic carbocycles. The van der Waals surface area contributed by atoms with Crippen LogP contribution in [0.15, 0.2) is 48.7 Å². The van der Waals surface area contributed by atoms with E-state index in [0.717, 1.165) is 11.4 Å². The zero-order chi connectivity index (χ0) is 20.1. The van der Waals surface area contributed by atoms with Gasteiger partial charge in [0.1, 0.15) is 6.04 Å². The molecule has 1 fully saturated rings. The maximum Gasteiger partial charge on any atom is 0.309 e. The number of nitrogens with zero attached hydrogens (tertiary/aromatic N) is 3. The normalized spacial score (nSPS) is 16.0. The third-order valence-corrected chi connectivity index (χ3v) is 4.54. The molecule has 0 bridgehead atoms. The number of nitrogens with one attached hydrogen (secondary N) is 2. The van der Waals surface area contributed by atoms with E-state index in [1.165, 1.54) is 0 Å². The van der Waals surface area contributed by atoms with E-state index in [0.29, 0.717) is 18.7 Å². The number of carbonyl (C=O) groups is 3. The molecule has 3 rings (SSSR count). The Morgan fingerprint density at radius 3 is 2.54 bits per heavy atom. The number of rotatable bonds is 5. The van der Waals surface area contributed by atoms with Crippen molar-refractivity contribution in [1.82, 2.24) is 15.6 Å². The molecule has 8 heteroatoms. The number of amides is 3. The van der Waals surface area contributed by atoms with Crippen LogP contribution in [-0.4, -0.2) is 49.4 Å². The lowest BCUT2D eigenvalue weighted by Gasteiger charge is -2.17. The Balaban J connectivity index is 1.50. The van der Waals surface area contributed by atoms with Gasteiger partial charge in [0, 0.05) is 26.3 Å². The van der Waals surface area contributed by atoms with Crippen LogP contribution in [0.4, 0.5) is 11.4 Å². The number of pyridine rings is 1. The Kier molecular flexibility index (Phi) is 5.88. The molecule has 2 aromatic rings. The molecule has 8 nitrogen and oxygen atoms in total. The minimum absolute atomic E-state index is 0.134. The van der Waals surface area contributed by atoms with Gasteiger partial charge in [-0.2, -0.15) is 0 Å². The average molecular weight is 381 g/mol. The number of para-hydroxylation sites is 1. The lowest BCUT2D eigenvalue weighted by atomic mass is 10.2. The number of hydrogen-bond acceptors (Lipinski definition) is 5. The summed E-state index contributed by atoms with van der Waals surface area (Å²) in [6, 6.07) is 12.2. The van der Waals surface area contributed by atoms with Crippen molar-refractivity contribution >= 4 is 29.1 Å². The molecule has 2 heterocycles. The fraction of sp³-hybridized carbons (Fsp3) is 0.300. The van der Waals surface area contributed by atoms with E-state index < -0.39 is 17.9 Å². The highest BCUT2D eigenvalue weighted by molar-refractivity contribution is 6.35. The molecule has 1 aromatic carbocycles. The Labute approximate surface area is 163 Å². The first kappa shape index (κ1) is 19.3. The molecule has 1 aliphatic heterocycles. The van der Waals surface area contributed by atoms with Crippen molar-refractivity contribution in [3.8, 4) is 0 Å². The first-order chi connectivity index (χ1) is 13.5. The minimum atomic E-state index is -0.821. The largest absolute Gasteiger partial charge is 0.376 e. The highest BCUT2D eigenvalue weighted by Gasteiger charge is 2.34. The maximum atomic E-state index is 12.5. The van der Waals surface area contributed by atoms with Crippen LogP contribution >= 0.6 is 0 Å². The zero-order valence-electron chi connectivity index (χ0n) is 15.9. The first-order valence-electron chi connectivity index (χ1n) is 9.03. The van der Waals surface area contributed by atoms with E-state index in [2.05, 4.69) is 15.6 Å². The minimum Gasteiger partial charge on any atom is -0.376 e. The van der Waals surface area contributed by atoms with Crippen LogP contribution in [0.3, 0.4) is 0 Å². The average Bonchev–Trinajstić information content (AvgIpc) is 3.07. The quantitative estimate of drug-likeness (QED) is 0.743. The van der Waals surface area contributed by atoms with E-state index in [-0.39, 0.29) is 12.5 Å². The smallest absolute Gasteiger partial charge is 0.309 e. The van der Waals surface area contributed by atoms with E-state index in [1.54, 1.807) is 17.2 Å². The summed E-state index contributed by atoms with van der Waals surface area (Å²) >= 11 is 0. The van der Waals surface area contributed by atoms with Crippen molar-refractivity contribution in [2.24, 2.45) is 0 Å². The van der Waals surface area contributed by atoms with Gasteiger partial charge in [-0.25, -0.2) is 0 Å². The highest BCUT2D eigenvalue weighted by atomic mass is 16.2. The van der Waals surface area contributed by atoms with Gasteiger partial charge in [0.2, 0.25) is 5.91 Å². The van der Waals surface area contributed by atoms with E-state index in [1.807, 2.05) is 55.4 Å². The monoisotopic (exact) mass is 381 g/mol. The molecule has 1 aromatic heterocycles. The van der Waals surface area contributed by atoms with Crippen molar-refractivity contribution in [3.63, 3.8) is 0 Å². The van der Waals surface area contributed by atoms with Crippen molar-refractivity contribution < 1.29 is 14.4 Å². The number of carbonyl (C=O) groups excluding carboxylic acids is 3. The maximum absolute atomic E-state index is 12.5. The number of aromatic nitrogens is 1. The van der Waals surface area contributed by atoms with Crippen molar-refractivity contribution in [1.29, 1.82) is 0 Å². The topological polar surface area (TPSA) is 94.6 Å². The van der Waals surface area contributed by atoms with Crippen LogP contribution in [0.25, 0.3) is 0 Å². The molecule has 0 spiro atoms. The molecule has 1 aliphatic rings. The molecule has 0 radical (unpaired) electrons. The molecule has 1 atom stereocenters. The van der Waals surface area contributed by atoms with Gasteiger partial charge in [0.25, 0.3) is 0 Å². The van der Waals surface area contributed by atoms with Gasteiger partial charge in [0.05, 0.1) is 24.1 Å². The Hall–Kier alpha value is -3.42. The summed E-state index contributed by atoms with van der Waals surface area (Å²) in [5, 5.41) is 5.05. The number of hydrogen-bond donors (Lipinski definition) is 2. The fourth-order valence-electron chi connectivity index (χ4n) is 2.94. The van der Waals surface area contributed by atoms with Crippen LogP contribution in [-0.2, 0) is 20.9 Å². The van der Waals surface area contributed by atoms with Crippen LogP contribution in [0, 0.1) is 0 Å². The lowest BCUT2D eigenvalue weighted by molar-refractivity contribution is -0.140. The highest BCUT2D eigenvalue weighted by Crippen LogP contribution is 2.20. The van der Waals surface area contributed by atoms with Gasteiger partial charge >= 0.3 is 11.8 Å². The van der Waals surface area contributed by atoms with Crippen LogP contribution in [0.5, 0.6) is 0 Å². The molecule has 1 saturated heterocycles. The summed E-state index contributed by atoms with van der Waals surface area (Å²) < 4.78 is 0. The second-order valence-corrected chi connectivity index (χ2v) is 6.72. The van der Waals surface area contributed by atoms with Gasteiger partial charge in [-0.1, -0.05) is 18.2 Å². The van der Waals surface area contributed by atoms with Gasteiger partial charge in [-0.15, -0.1) is 0 Å². The molecule has 1 unspecified atom stereocenters. The van der Waals surface area contributed by atoms with E-state index in [9.17, 15) is 14.4 Å². The fourth-order valence-corrected chi connectivity index (χ4v) is 2.94. The van der Waals surface area contributed by atoms with Gasteiger partial charge < -0.3 is 20.4 Å². The summed E-state index contributed by atoms with van der Waals surface area (Å²) in [5.74, 6) is -1.82. The van der Waals surface area contributed by atoms with Crippen molar-refractivity contribution in [3.05, 3.63) is 54.4 Å². The zero-order valence-corrected chi connectivity index (χ0v) is 15.9. The molecule has 2 N–H and O–H groups in total. The molecular weight excluding hydrogens is 358 g/mol. The van der Waals surface area contributed by atoms with Gasteiger partial charge in [0.15, 0.2) is 0 Å². The summed E-state index contributed by atoms with van der Waals surface area (Å²) in [5.41, 5.74) is 2.36. The molecular formula is C20H23N5O3. The van der Waals surface area contributed by atoms with Crippen molar-refractivity contribution in [2.75, 3.05) is 30.4 Å².